The molecule has 0 saturated carbocycles. The predicted octanol–water partition coefficient (Wildman–Crippen LogP) is 2.43. The van der Waals surface area contributed by atoms with E-state index in [0.717, 1.165) is 5.69 Å². The minimum Gasteiger partial charge on any atom is -0.399 e. The van der Waals surface area contributed by atoms with Gasteiger partial charge in [-0.1, -0.05) is 29.8 Å². The lowest BCUT2D eigenvalue weighted by atomic mass is 10.2. The Kier molecular flexibility index (Phi) is 4.48. The van der Waals surface area contributed by atoms with E-state index in [0.29, 0.717) is 31.9 Å². The summed E-state index contributed by atoms with van der Waals surface area (Å²) in [5, 5.41) is 0.255. The summed E-state index contributed by atoms with van der Waals surface area (Å²) in [6.45, 7) is 2.07. The summed E-state index contributed by atoms with van der Waals surface area (Å²) < 4.78 is 26.9. The molecule has 23 heavy (non-hydrogen) atoms. The first kappa shape index (κ1) is 16.1. The van der Waals surface area contributed by atoms with Crippen LogP contribution in [0.3, 0.4) is 0 Å². The second-order valence-corrected chi connectivity index (χ2v) is 7.73. The predicted molar refractivity (Wildman–Crippen MR) is 93.3 cm³/mol. The van der Waals surface area contributed by atoms with Crippen LogP contribution in [0.1, 0.15) is 0 Å². The Labute approximate surface area is 141 Å². The van der Waals surface area contributed by atoms with Crippen LogP contribution in [0.25, 0.3) is 0 Å². The van der Waals surface area contributed by atoms with Gasteiger partial charge >= 0.3 is 0 Å². The van der Waals surface area contributed by atoms with Gasteiger partial charge in [0.1, 0.15) is 4.90 Å². The molecule has 1 saturated heterocycles. The fourth-order valence-electron chi connectivity index (χ4n) is 2.70. The van der Waals surface area contributed by atoms with Crippen molar-refractivity contribution in [3.8, 4) is 0 Å². The molecule has 0 atom stereocenters. The number of nitrogen functional groups attached to an aromatic ring is 1. The molecule has 1 heterocycles. The number of piperazine rings is 1. The monoisotopic (exact) mass is 351 g/mol. The van der Waals surface area contributed by atoms with Crippen LogP contribution in [0.2, 0.25) is 5.02 Å². The maximum absolute atomic E-state index is 12.7. The van der Waals surface area contributed by atoms with Crippen molar-refractivity contribution in [3.63, 3.8) is 0 Å². The second-order valence-electron chi connectivity index (χ2n) is 5.42. The topological polar surface area (TPSA) is 66.6 Å². The van der Waals surface area contributed by atoms with Gasteiger partial charge in [-0.2, -0.15) is 4.31 Å². The first-order chi connectivity index (χ1) is 11.0. The molecule has 5 nitrogen and oxygen atoms in total. The summed E-state index contributed by atoms with van der Waals surface area (Å²) in [4.78, 5) is 2.30. The minimum atomic E-state index is -3.56. The van der Waals surface area contributed by atoms with Gasteiger partial charge in [0, 0.05) is 37.6 Å². The Morgan fingerprint density at radius 2 is 1.65 bits per heavy atom. The smallest absolute Gasteiger partial charge is 0.244 e. The molecule has 0 bridgehead atoms. The van der Waals surface area contributed by atoms with Crippen molar-refractivity contribution in [1.29, 1.82) is 0 Å². The zero-order chi connectivity index (χ0) is 16.4. The van der Waals surface area contributed by atoms with E-state index in [2.05, 4.69) is 4.90 Å². The molecule has 1 aliphatic heterocycles. The summed E-state index contributed by atoms with van der Waals surface area (Å²) in [6, 6.07) is 14.2. The van der Waals surface area contributed by atoms with E-state index in [-0.39, 0.29) is 9.92 Å². The standard InChI is InChI=1S/C16H18ClN3O2S/c17-15-6-1-2-7-16(15)23(21,22)20-10-8-19(9-11-20)14-5-3-4-13(18)12-14/h1-7,12H,8-11,18H2. The van der Waals surface area contributed by atoms with Gasteiger partial charge in [0.2, 0.25) is 10.0 Å². The number of hydrogen-bond acceptors (Lipinski definition) is 4. The fourth-order valence-corrected chi connectivity index (χ4v) is 4.62. The van der Waals surface area contributed by atoms with Crippen molar-refractivity contribution >= 4 is 33.0 Å². The van der Waals surface area contributed by atoms with Crippen LogP contribution in [0, 0.1) is 0 Å². The van der Waals surface area contributed by atoms with E-state index in [9.17, 15) is 8.42 Å². The van der Waals surface area contributed by atoms with Gasteiger partial charge in [0.25, 0.3) is 0 Å². The van der Waals surface area contributed by atoms with E-state index < -0.39 is 10.0 Å². The molecule has 0 aromatic heterocycles. The molecule has 1 fully saturated rings. The average molecular weight is 352 g/mol. The normalized spacial score (nSPS) is 16.5. The Hall–Kier alpha value is -1.76. The molecule has 122 valence electrons. The van der Waals surface area contributed by atoms with Crippen LogP contribution < -0.4 is 10.6 Å². The van der Waals surface area contributed by atoms with E-state index in [1.165, 1.54) is 4.31 Å². The molecule has 2 aromatic carbocycles. The average Bonchev–Trinajstić information content (AvgIpc) is 2.55. The minimum absolute atomic E-state index is 0.166. The van der Waals surface area contributed by atoms with Crippen molar-refractivity contribution in [2.24, 2.45) is 0 Å². The van der Waals surface area contributed by atoms with Gasteiger partial charge in [-0.05, 0) is 30.3 Å². The maximum Gasteiger partial charge on any atom is 0.244 e. The molecular weight excluding hydrogens is 334 g/mol. The molecular formula is C16H18ClN3O2S. The Bertz CT molecular complexity index is 802. The SMILES string of the molecule is Nc1cccc(N2CCN(S(=O)(=O)c3ccccc3Cl)CC2)c1. The van der Waals surface area contributed by atoms with Crippen LogP contribution in [0.15, 0.2) is 53.4 Å². The number of benzene rings is 2. The molecule has 0 spiro atoms. The van der Waals surface area contributed by atoms with E-state index in [1.54, 1.807) is 24.3 Å². The first-order valence-electron chi connectivity index (χ1n) is 7.33. The summed E-state index contributed by atoms with van der Waals surface area (Å²) in [5.74, 6) is 0. The maximum atomic E-state index is 12.7. The highest BCUT2D eigenvalue weighted by Crippen LogP contribution is 2.26. The van der Waals surface area contributed by atoms with Crippen LogP contribution in [-0.2, 0) is 10.0 Å². The Morgan fingerprint density at radius 3 is 2.30 bits per heavy atom. The highest BCUT2D eigenvalue weighted by Gasteiger charge is 2.29. The lowest BCUT2D eigenvalue weighted by molar-refractivity contribution is 0.385. The van der Waals surface area contributed by atoms with E-state index in [4.69, 9.17) is 17.3 Å². The van der Waals surface area contributed by atoms with Crippen LogP contribution in [0.5, 0.6) is 0 Å². The third-order valence-corrected chi connectivity index (χ3v) is 6.33. The van der Waals surface area contributed by atoms with Gasteiger partial charge in [-0.25, -0.2) is 8.42 Å². The van der Waals surface area contributed by atoms with Crippen molar-refractivity contribution in [2.75, 3.05) is 36.8 Å². The number of anilines is 2. The molecule has 0 radical (unpaired) electrons. The van der Waals surface area contributed by atoms with Crippen molar-refractivity contribution in [3.05, 3.63) is 53.6 Å². The molecule has 2 aromatic rings. The van der Waals surface area contributed by atoms with Gasteiger partial charge in [0.15, 0.2) is 0 Å². The summed E-state index contributed by atoms with van der Waals surface area (Å²) in [5.41, 5.74) is 7.52. The van der Waals surface area contributed by atoms with Crippen molar-refractivity contribution in [2.45, 2.75) is 4.90 Å². The molecule has 3 rings (SSSR count). The summed E-state index contributed by atoms with van der Waals surface area (Å²) in [7, 11) is -3.56. The number of hydrogen-bond donors (Lipinski definition) is 1. The molecule has 0 amide bonds. The lowest BCUT2D eigenvalue weighted by Gasteiger charge is -2.35. The lowest BCUT2D eigenvalue weighted by Crippen LogP contribution is -2.48. The first-order valence-corrected chi connectivity index (χ1v) is 9.15. The molecule has 2 N–H and O–H groups in total. The zero-order valence-corrected chi connectivity index (χ0v) is 14.1. The fraction of sp³-hybridized carbons (Fsp3) is 0.250. The van der Waals surface area contributed by atoms with Crippen LogP contribution in [0.4, 0.5) is 11.4 Å². The number of rotatable bonds is 3. The van der Waals surface area contributed by atoms with Crippen LogP contribution >= 0.6 is 11.6 Å². The highest BCUT2D eigenvalue weighted by molar-refractivity contribution is 7.89. The van der Waals surface area contributed by atoms with Crippen molar-refractivity contribution in [1.82, 2.24) is 4.31 Å². The quantitative estimate of drug-likeness (QED) is 0.862. The summed E-state index contributed by atoms with van der Waals surface area (Å²) >= 11 is 6.04. The van der Waals surface area contributed by atoms with E-state index in [1.807, 2.05) is 24.3 Å². The number of nitrogens with two attached hydrogens (primary N) is 1. The molecule has 1 aliphatic rings. The largest absolute Gasteiger partial charge is 0.399 e. The molecule has 0 aliphatic carbocycles. The Balaban J connectivity index is 1.75. The van der Waals surface area contributed by atoms with Crippen molar-refractivity contribution < 1.29 is 8.42 Å². The third kappa shape index (κ3) is 3.29. The highest BCUT2D eigenvalue weighted by atomic mass is 35.5. The van der Waals surface area contributed by atoms with E-state index >= 15 is 0 Å². The van der Waals surface area contributed by atoms with Crippen LogP contribution in [-0.4, -0.2) is 38.9 Å². The van der Waals surface area contributed by atoms with Gasteiger partial charge in [-0.15, -0.1) is 0 Å². The third-order valence-electron chi connectivity index (χ3n) is 3.93. The number of halogens is 1. The second kappa shape index (κ2) is 6.39. The summed E-state index contributed by atoms with van der Waals surface area (Å²) in [6.07, 6.45) is 0. The van der Waals surface area contributed by atoms with Gasteiger partial charge < -0.3 is 10.6 Å². The molecule has 7 heteroatoms. The van der Waals surface area contributed by atoms with Gasteiger partial charge in [-0.3, -0.25) is 0 Å². The molecule has 0 unspecified atom stereocenters. The Morgan fingerprint density at radius 1 is 0.957 bits per heavy atom. The number of nitrogens with zero attached hydrogens (tertiary/aromatic N) is 2. The number of sulfonamides is 1. The van der Waals surface area contributed by atoms with Gasteiger partial charge in [0.05, 0.1) is 5.02 Å². The zero-order valence-electron chi connectivity index (χ0n) is 12.5.